The zero-order chi connectivity index (χ0) is 38.6. The van der Waals surface area contributed by atoms with Crippen molar-refractivity contribution in [1.29, 1.82) is 0 Å². The Labute approximate surface area is 309 Å². The molecule has 1 aliphatic carbocycles. The number of para-hydroxylation sites is 1. The maximum absolute atomic E-state index is 15.0. The molecular formula is C39H44F6N2O5S. The summed E-state index contributed by atoms with van der Waals surface area (Å²) in [7, 11) is 0. The number of likely N-dealkylation sites (tertiary alicyclic amines) is 1. The van der Waals surface area contributed by atoms with Crippen LogP contribution in [0.1, 0.15) is 111 Å². The molecule has 7 nitrogen and oxygen atoms in total. The van der Waals surface area contributed by atoms with Gasteiger partial charge in [0, 0.05) is 48.3 Å². The number of ether oxygens (including phenoxy) is 2. The monoisotopic (exact) mass is 766 g/mol. The number of benzene rings is 1. The van der Waals surface area contributed by atoms with Crippen molar-refractivity contribution in [1.82, 2.24) is 9.88 Å². The summed E-state index contributed by atoms with van der Waals surface area (Å²) in [4.78, 5) is 44.6. The molecule has 1 amide bonds. The highest BCUT2D eigenvalue weighted by molar-refractivity contribution is 7.10. The number of carbonyl (C=O) groups excluding carboxylic acids is 3. The third kappa shape index (κ3) is 8.90. The fourth-order valence-electron chi connectivity index (χ4n) is 7.87. The van der Waals surface area contributed by atoms with E-state index in [0.717, 1.165) is 30.1 Å². The first-order valence-corrected chi connectivity index (χ1v) is 18.8. The van der Waals surface area contributed by atoms with E-state index in [4.69, 9.17) is 9.47 Å². The smallest absolute Gasteiger partial charge is 0.425 e. The fourth-order valence-corrected chi connectivity index (χ4v) is 8.55. The van der Waals surface area contributed by atoms with E-state index in [1.165, 1.54) is 17.2 Å². The van der Waals surface area contributed by atoms with Gasteiger partial charge < -0.3 is 19.2 Å². The van der Waals surface area contributed by atoms with Gasteiger partial charge in [-0.1, -0.05) is 38.5 Å². The minimum atomic E-state index is -4.86. The van der Waals surface area contributed by atoms with Crippen LogP contribution < -0.4 is 9.47 Å². The topological polar surface area (TPSA) is 85.8 Å². The summed E-state index contributed by atoms with van der Waals surface area (Å²) in [5, 5.41) is 1.18. The molecule has 1 saturated heterocycles. The predicted octanol–water partition coefficient (Wildman–Crippen LogP) is 9.87. The van der Waals surface area contributed by atoms with E-state index in [0.29, 0.717) is 68.6 Å². The average Bonchev–Trinajstić information content (AvgIpc) is 3.60. The highest BCUT2D eigenvalue weighted by Crippen LogP contribution is 2.48. The van der Waals surface area contributed by atoms with Crippen molar-refractivity contribution in [2.75, 3.05) is 13.2 Å². The van der Waals surface area contributed by atoms with Crippen LogP contribution in [-0.2, 0) is 27.4 Å². The number of thiophene rings is 1. The Morgan fingerprint density at radius 2 is 1.74 bits per heavy atom. The van der Waals surface area contributed by atoms with Crippen molar-refractivity contribution in [2.45, 2.75) is 114 Å². The van der Waals surface area contributed by atoms with Gasteiger partial charge in [-0.15, -0.1) is 11.3 Å². The number of amides is 1. The van der Waals surface area contributed by atoms with Gasteiger partial charge in [0.1, 0.15) is 22.2 Å². The summed E-state index contributed by atoms with van der Waals surface area (Å²) >= 11 is 0.418. The van der Waals surface area contributed by atoms with Gasteiger partial charge in [-0.25, -0.2) is 0 Å². The number of pyridine rings is 1. The van der Waals surface area contributed by atoms with Gasteiger partial charge in [-0.05, 0) is 75.8 Å². The predicted molar refractivity (Wildman–Crippen MR) is 187 cm³/mol. The van der Waals surface area contributed by atoms with Crippen LogP contribution in [0.5, 0.6) is 11.5 Å². The maximum Gasteiger partial charge on any atom is 0.425 e. The minimum Gasteiger partial charge on any atom is -0.493 e. The highest BCUT2D eigenvalue weighted by atomic mass is 32.1. The average molecular weight is 767 g/mol. The number of ketones is 2. The largest absolute Gasteiger partial charge is 0.493 e. The molecule has 1 aromatic carbocycles. The Balaban J connectivity index is 1.48. The Hall–Kier alpha value is -3.94. The van der Waals surface area contributed by atoms with Gasteiger partial charge in [0.25, 0.3) is 5.91 Å². The number of rotatable bonds is 13. The molecule has 0 radical (unpaired) electrons. The first-order chi connectivity index (χ1) is 25.0. The number of alkyl halides is 6. The molecular weight excluding hydrogens is 722 g/mol. The molecule has 0 bridgehead atoms. The lowest BCUT2D eigenvalue weighted by molar-refractivity contribution is -0.151. The van der Waals surface area contributed by atoms with Crippen LogP contribution in [-0.4, -0.2) is 52.2 Å². The number of piperidine rings is 1. The van der Waals surface area contributed by atoms with Crippen molar-refractivity contribution in [2.24, 2.45) is 5.92 Å². The zero-order valence-corrected chi connectivity index (χ0v) is 30.8. The van der Waals surface area contributed by atoms with Crippen LogP contribution in [0.3, 0.4) is 0 Å². The molecule has 1 aliphatic heterocycles. The van der Waals surface area contributed by atoms with E-state index < -0.39 is 51.8 Å². The summed E-state index contributed by atoms with van der Waals surface area (Å²) in [5.41, 5.74) is -3.08. The highest BCUT2D eigenvalue weighted by Gasteiger charge is 2.56. The SMILES string of the molecule is CCC[C@H]1N(C(=O)c2cnccc2C(F)(F)F)CCC[C@@]1(Oc1csc(C(F)(F)F)c1)C(=O)C1CCC(C)(c2ccccc2OCCCC(C)=O)CC1. The quantitative estimate of drug-likeness (QED) is 0.127. The number of halogens is 6. The summed E-state index contributed by atoms with van der Waals surface area (Å²) in [6.45, 7) is 5.81. The molecule has 2 fully saturated rings. The van der Waals surface area contributed by atoms with Crippen molar-refractivity contribution < 1.29 is 50.2 Å². The Morgan fingerprint density at radius 3 is 2.38 bits per heavy atom. The van der Waals surface area contributed by atoms with Gasteiger partial charge in [0.2, 0.25) is 0 Å². The Kier molecular flexibility index (Phi) is 12.3. The Morgan fingerprint density at radius 1 is 1.02 bits per heavy atom. The van der Waals surface area contributed by atoms with E-state index in [-0.39, 0.29) is 48.5 Å². The molecule has 14 heteroatoms. The standard InChI is InChI=1S/C39H44F6N2O5S/c1-4-9-32-37(52-27-22-33(53-24-27)39(43,44)45,16-8-20-47(32)35(50)28-23-46-19-15-29(28)38(40,41)42)34(49)26-13-17-36(3,18-14-26)30-11-5-6-12-31(30)51-21-7-10-25(2)48/h5-6,11-12,15,19,22-24,26,32H,4,7-10,13-14,16-18,20-21H2,1-3H3/t26?,32-,36?,37+/m1/s1. The minimum absolute atomic E-state index is 0.0253. The van der Waals surface area contributed by atoms with E-state index in [9.17, 15) is 35.9 Å². The molecule has 288 valence electrons. The lowest BCUT2D eigenvalue weighted by Crippen LogP contribution is -2.66. The number of aromatic nitrogens is 1. The molecule has 2 atom stereocenters. The maximum atomic E-state index is 15.0. The second-order valence-corrected chi connectivity index (χ2v) is 15.2. The molecule has 2 aromatic heterocycles. The number of hydrogen-bond donors (Lipinski definition) is 0. The second kappa shape index (κ2) is 16.2. The van der Waals surface area contributed by atoms with Crippen molar-refractivity contribution in [3.8, 4) is 11.5 Å². The third-order valence-electron chi connectivity index (χ3n) is 10.5. The lowest BCUT2D eigenvalue weighted by Gasteiger charge is -2.50. The van der Waals surface area contributed by atoms with Crippen LogP contribution in [0.25, 0.3) is 0 Å². The lowest BCUT2D eigenvalue weighted by atomic mass is 9.64. The van der Waals surface area contributed by atoms with Gasteiger partial charge in [0.15, 0.2) is 11.4 Å². The van der Waals surface area contributed by atoms with Gasteiger partial charge in [-0.3, -0.25) is 14.6 Å². The number of carbonyl (C=O) groups is 3. The number of Topliss-reactive ketones (excluding diaryl/α,β-unsaturated/α-hetero) is 2. The molecule has 2 aliphatic rings. The summed E-state index contributed by atoms with van der Waals surface area (Å²) in [6.07, 6.45) is -3.97. The molecule has 3 aromatic rings. The van der Waals surface area contributed by atoms with E-state index in [1.54, 1.807) is 6.92 Å². The molecule has 0 N–H and O–H groups in total. The second-order valence-electron chi connectivity index (χ2n) is 14.3. The van der Waals surface area contributed by atoms with Gasteiger partial charge in [-0.2, -0.15) is 26.3 Å². The summed E-state index contributed by atoms with van der Waals surface area (Å²) in [5.74, 6) is -1.34. The zero-order valence-electron chi connectivity index (χ0n) is 29.9. The van der Waals surface area contributed by atoms with E-state index in [2.05, 4.69) is 11.9 Å². The summed E-state index contributed by atoms with van der Waals surface area (Å²) < 4.78 is 95.8. The van der Waals surface area contributed by atoms with Gasteiger partial charge >= 0.3 is 12.4 Å². The third-order valence-corrected chi connectivity index (χ3v) is 11.5. The van der Waals surface area contributed by atoms with Crippen LogP contribution in [0.4, 0.5) is 26.3 Å². The Bertz CT molecular complexity index is 1770. The number of hydrogen-bond acceptors (Lipinski definition) is 7. The number of nitrogens with zero attached hydrogens (tertiary/aromatic N) is 2. The van der Waals surface area contributed by atoms with Crippen LogP contribution in [0.15, 0.2) is 54.2 Å². The van der Waals surface area contributed by atoms with Crippen LogP contribution in [0.2, 0.25) is 0 Å². The first kappa shape index (κ1) is 40.2. The first-order valence-electron chi connectivity index (χ1n) is 17.9. The van der Waals surface area contributed by atoms with E-state index in [1.807, 2.05) is 24.3 Å². The summed E-state index contributed by atoms with van der Waals surface area (Å²) in [6, 6.07) is 8.13. The van der Waals surface area contributed by atoms with Crippen molar-refractivity contribution >= 4 is 28.8 Å². The normalized spacial score (nSPS) is 23.8. The van der Waals surface area contributed by atoms with Crippen LogP contribution >= 0.6 is 11.3 Å². The molecule has 1 saturated carbocycles. The van der Waals surface area contributed by atoms with Crippen molar-refractivity contribution in [3.63, 3.8) is 0 Å². The van der Waals surface area contributed by atoms with Crippen molar-refractivity contribution in [3.05, 3.63) is 75.7 Å². The fraction of sp³-hybridized carbons (Fsp3) is 0.538. The van der Waals surface area contributed by atoms with Crippen LogP contribution in [0, 0.1) is 5.92 Å². The molecule has 0 spiro atoms. The molecule has 5 rings (SSSR count). The molecule has 0 unspecified atom stereocenters. The molecule has 53 heavy (non-hydrogen) atoms. The molecule has 3 heterocycles. The van der Waals surface area contributed by atoms with E-state index >= 15 is 4.79 Å². The van der Waals surface area contributed by atoms with Gasteiger partial charge in [0.05, 0.1) is 23.8 Å².